The summed E-state index contributed by atoms with van der Waals surface area (Å²) in [5.74, 6) is 0.0757. The van der Waals surface area contributed by atoms with Gasteiger partial charge in [-0.05, 0) is 12.1 Å². The van der Waals surface area contributed by atoms with E-state index in [0.717, 1.165) is 22.2 Å². The number of aromatic nitrogens is 1. The zero-order valence-electron chi connectivity index (χ0n) is 14.2. The maximum Gasteiger partial charge on any atom is 0.270 e. The highest BCUT2D eigenvalue weighted by Gasteiger charge is 2.27. The van der Waals surface area contributed by atoms with Gasteiger partial charge < -0.3 is 14.6 Å². The van der Waals surface area contributed by atoms with Crippen LogP contribution in [0.4, 0.5) is 5.69 Å². The van der Waals surface area contributed by atoms with E-state index in [4.69, 9.17) is 4.74 Å². The van der Waals surface area contributed by atoms with Gasteiger partial charge in [0, 0.05) is 53.8 Å². The normalized spacial score (nSPS) is 13.5. The molecule has 2 aromatic carbocycles. The number of nitro benzene ring substituents is 1. The van der Waals surface area contributed by atoms with Gasteiger partial charge in [0.2, 0.25) is 0 Å². The van der Waals surface area contributed by atoms with Crippen molar-refractivity contribution in [2.45, 2.75) is 13.0 Å². The molecule has 2 heterocycles. The summed E-state index contributed by atoms with van der Waals surface area (Å²) in [6, 6.07) is 12.1. The first-order valence-electron chi connectivity index (χ1n) is 8.28. The third-order valence-corrected chi connectivity index (χ3v) is 4.79. The second kappa shape index (κ2) is 6.18. The lowest BCUT2D eigenvalue weighted by molar-refractivity contribution is -0.384. The number of hydrogen-bond donors (Lipinski definition) is 1. The van der Waals surface area contributed by atoms with Crippen LogP contribution in [0, 0.1) is 10.1 Å². The lowest BCUT2D eigenvalue weighted by Gasteiger charge is -2.27. The minimum atomic E-state index is -0.510. The predicted molar refractivity (Wildman–Crippen MR) is 96.4 cm³/mol. The topological polar surface area (TPSA) is 88.5 Å². The number of nitrogens with zero attached hydrogens (tertiary/aromatic N) is 2. The molecule has 1 aliphatic heterocycles. The highest BCUT2D eigenvalue weighted by Crippen LogP contribution is 2.30. The number of carbonyl (C=O) groups is 1. The Bertz CT molecular complexity index is 1020. The van der Waals surface area contributed by atoms with Crippen LogP contribution in [0.1, 0.15) is 21.6 Å². The fourth-order valence-electron chi connectivity index (χ4n) is 3.49. The molecular formula is C19H17N3O4. The molecule has 0 aliphatic carbocycles. The second-order valence-corrected chi connectivity index (χ2v) is 6.25. The number of methoxy groups -OCH3 is 1. The number of para-hydroxylation sites is 1. The average Bonchev–Trinajstić information content (AvgIpc) is 3.04. The molecule has 7 nitrogen and oxygen atoms in total. The van der Waals surface area contributed by atoms with Crippen LogP contribution in [0.15, 0.2) is 42.5 Å². The molecule has 1 aromatic heterocycles. The number of hydrogen-bond acceptors (Lipinski definition) is 4. The van der Waals surface area contributed by atoms with E-state index in [1.807, 2.05) is 24.3 Å². The molecule has 0 atom stereocenters. The highest BCUT2D eigenvalue weighted by atomic mass is 16.6. The summed E-state index contributed by atoms with van der Waals surface area (Å²) in [6.07, 6.45) is 0.715. The largest absolute Gasteiger partial charge is 0.496 e. The molecule has 0 saturated carbocycles. The molecule has 7 heteroatoms. The first-order valence-corrected chi connectivity index (χ1v) is 8.28. The minimum Gasteiger partial charge on any atom is -0.496 e. The SMILES string of the molecule is COc1ccc([N+](=O)[O-])cc1C(=O)N1CCc2[nH]c3ccccc3c2C1. The fourth-order valence-corrected chi connectivity index (χ4v) is 3.49. The lowest BCUT2D eigenvalue weighted by Crippen LogP contribution is -2.36. The molecule has 0 unspecified atom stereocenters. The van der Waals surface area contributed by atoms with Gasteiger partial charge in [-0.15, -0.1) is 0 Å². The number of amides is 1. The maximum absolute atomic E-state index is 13.0. The molecule has 0 spiro atoms. The van der Waals surface area contributed by atoms with Crippen molar-refractivity contribution < 1.29 is 14.5 Å². The van der Waals surface area contributed by atoms with Gasteiger partial charge in [-0.1, -0.05) is 18.2 Å². The van der Waals surface area contributed by atoms with Crippen LogP contribution in [0.2, 0.25) is 0 Å². The number of H-pyrrole nitrogens is 1. The molecule has 1 aliphatic rings. The molecule has 0 fully saturated rings. The molecule has 132 valence electrons. The van der Waals surface area contributed by atoms with Crippen LogP contribution in [0.25, 0.3) is 10.9 Å². The summed E-state index contributed by atoms with van der Waals surface area (Å²) < 4.78 is 5.24. The minimum absolute atomic E-state index is 0.126. The zero-order valence-corrected chi connectivity index (χ0v) is 14.2. The molecular weight excluding hydrogens is 334 g/mol. The Labute approximate surface area is 149 Å². The predicted octanol–water partition coefficient (Wildman–Crippen LogP) is 3.28. The number of carbonyl (C=O) groups excluding carboxylic acids is 1. The molecule has 1 amide bonds. The van der Waals surface area contributed by atoms with Gasteiger partial charge in [0.1, 0.15) is 5.75 Å². The number of benzene rings is 2. The van der Waals surface area contributed by atoms with Crippen molar-refractivity contribution in [2.75, 3.05) is 13.7 Å². The third kappa shape index (κ3) is 2.57. The summed E-state index contributed by atoms with van der Waals surface area (Å²) in [4.78, 5) is 28.7. The Balaban J connectivity index is 1.70. The number of ether oxygens (including phenoxy) is 1. The van der Waals surface area contributed by atoms with Crippen molar-refractivity contribution in [3.8, 4) is 5.75 Å². The summed E-state index contributed by atoms with van der Waals surface area (Å²) in [5, 5.41) is 12.2. The molecule has 0 saturated heterocycles. The first kappa shape index (κ1) is 16.1. The van der Waals surface area contributed by atoms with Gasteiger partial charge in [-0.2, -0.15) is 0 Å². The van der Waals surface area contributed by atoms with Crippen molar-refractivity contribution in [1.82, 2.24) is 9.88 Å². The number of rotatable bonds is 3. The molecule has 3 aromatic rings. The number of nitro groups is 1. The monoisotopic (exact) mass is 351 g/mol. The smallest absolute Gasteiger partial charge is 0.270 e. The van der Waals surface area contributed by atoms with Crippen molar-refractivity contribution in [1.29, 1.82) is 0 Å². The Kier molecular flexibility index (Phi) is 3.84. The van der Waals surface area contributed by atoms with Crippen LogP contribution < -0.4 is 4.74 Å². The van der Waals surface area contributed by atoms with Gasteiger partial charge in [0.05, 0.1) is 17.6 Å². The number of nitrogens with one attached hydrogen (secondary N) is 1. The lowest BCUT2D eigenvalue weighted by atomic mass is 10.0. The Hall–Kier alpha value is -3.35. The van der Waals surface area contributed by atoms with E-state index < -0.39 is 4.92 Å². The summed E-state index contributed by atoms with van der Waals surface area (Å²) >= 11 is 0. The number of aromatic amines is 1. The number of non-ortho nitro benzene ring substituents is 1. The maximum atomic E-state index is 13.0. The van der Waals surface area contributed by atoms with Crippen molar-refractivity contribution in [3.05, 3.63) is 69.4 Å². The van der Waals surface area contributed by atoms with Gasteiger partial charge in [-0.25, -0.2) is 0 Å². The van der Waals surface area contributed by atoms with E-state index in [0.29, 0.717) is 25.3 Å². The molecule has 0 radical (unpaired) electrons. The van der Waals surface area contributed by atoms with Crippen molar-refractivity contribution in [3.63, 3.8) is 0 Å². The van der Waals surface area contributed by atoms with Crippen LogP contribution in [0.5, 0.6) is 5.75 Å². The summed E-state index contributed by atoms with van der Waals surface area (Å²) in [6.45, 7) is 1.01. The van der Waals surface area contributed by atoms with Crippen LogP contribution in [0.3, 0.4) is 0 Å². The van der Waals surface area contributed by atoms with Crippen molar-refractivity contribution >= 4 is 22.5 Å². The van der Waals surface area contributed by atoms with Crippen LogP contribution >= 0.6 is 0 Å². The summed E-state index contributed by atoms with van der Waals surface area (Å²) in [7, 11) is 1.45. The fraction of sp³-hybridized carbons (Fsp3) is 0.211. The van der Waals surface area contributed by atoms with E-state index in [1.54, 1.807) is 4.90 Å². The average molecular weight is 351 g/mol. The van der Waals surface area contributed by atoms with Gasteiger partial charge >= 0.3 is 0 Å². The molecule has 1 N–H and O–H groups in total. The van der Waals surface area contributed by atoms with Crippen molar-refractivity contribution in [2.24, 2.45) is 0 Å². The zero-order chi connectivity index (χ0) is 18.3. The van der Waals surface area contributed by atoms with Crippen LogP contribution in [-0.2, 0) is 13.0 Å². The standard InChI is InChI=1S/C19H17N3O4/c1-26-18-7-6-12(22(24)25)10-14(18)19(23)21-9-8-17-15(11-21)13-4-2-3-5-16(13)20-17/h2-7,10,20H,8-9,11H2,1H3. The van der Waals surface area contributed by atoms with E-state index in [9.17, 15) is 14.9 Å². The van der Waals surface area contributed by atoms with E-state index in [2.05, 4.69) is 4.98 Å². The Morgan fingerprint density at radius 3 is 2.85 bits per heavy atom. The van der Waals surface area contributed by atoms with E-state index >= 15 is 0 Å². The molecule has 4 rings (SSSR count). The highest BCUT2D eigenvalue weighted by molar-refractivity contribution is 5.98. The van der Waals surface area contributed by atoms with Gasteiger partial charge in [0.25, 0.3) is 11.6 Å². The molecule has 26 heavy (non-hydrogen) atoms. The van der Waals surface area contributed by atoms with Gasteiger partial charge in [-0.3, -0.25) is 14.9 Å². The quantitative estimate of drug-likeness (QED) is 0.579. The summed E-state index contributed by atoms with van der Waals surface area (Å²) in [5.41, 5.74) is 3.38. The van der Waals surface area contributed by atoms with Gasteiger partial charge in [0.15, 0.2) is 0 Å². The number of fused-ring (bicyclic) bond motifs is 3. The van der Waals surface area contributed by atoms with E-state index in [-0.39, 0.29) is 17.2 Å². The Morgan fingerprint density at radius 2 is 2.08 bits per heavy atom. The van der Waals surface area contributed by atoms with Crippen LogP contribution in [-0.4, -0.2) is 34.4 Å². The first-order chi connectivity index (χ1) is 12.6. The third-order valence-electron chi connectivity index (χ3n) is 4.79. The molecule has 0 bridgehead atoms. The van der Waals surface area contributed by atoms with E-state index in [1.165, 1.54) is 25.3 Å². The second-order valence-electron chi connectivity index (χ2n) is 6.25. The Morgan fingerprint density at radius 1 is 1.27 bits per heavy atom.